The first-order valence-electron chi connectivity index (χ1n) is 6.12. The van der Waals surface area contributed by atoms with Gasteiger partial charge >= 0.3 is 0 Å². The third kappa shape index (κ3) is 3.13. The minimum absolute atomic E-state index is 0.185. The van der Waals surface area contributed by atoms with Crippen LogP contribution in [0.4, 0.5) is 5.69 Å². The van der Waals surface area contributed by atoms with Gasteiger partial charge in [0.2, 0.25) is 5.91 Å². The van der Waals surface area contributed by atoms with E-state index in [1.807, 2.05) is 24.3 Å². The normalized spacial score (nSPS) is 18.7. The molecule has 1 atom stereocenters. The Bertz CT molecular complexity index is 493. The molecule has 0 spiro atoms. The smallest absolute Gasteiger partial charge is 0.256 e. The fourth-order valence-corrected chi connectivity index (χ4v) is 2.43. The van der Waals surface area contributed by atoms with Gasteiger partial charge in [0.05, 0.1) is 6.61 Å². The van der Waals surface area contributed by atoms with Crippen LogP contribution in [-0.4, -0.2) is 25.0 Å². The maximum atomic E-state index is 12.2. The quantitative estimate of drug-likeness (QED) is 0.678. The number of halogens is 1. The summed E-state index contributed by atoms with van der Waals surface area (Å²) in [5.74, 6) is -1.22. The lowest BCUT2D eigenvalue weighted by atomic mass is 10.1. The van der Waals surface area contributed by atoms with Crippen molar-refractivity contribution < 1.29 is 14.4 Å². The van der Waals surface area contributed by atoms with Crippen molar-refractivity contribution >= 4 is 33.4 Å². The highest BCUT2D eigenvalue weighted by atomic mass is 79.9. The van der Waals surface area contributed by atoms with Crippen LogP contribution in [0.1, 0.15) is 13.3 Å². The van der Waals surface area contributed by atoms with Crippen molar-refractivity contribution in [3.63, 3.8) is 0 Å². The lowest BCUT2D eigenvalue weighted by molar-refractivity contribution is -0.141. The first-order chi connectivity index (χ1) is 9.13. The topological polar surface area (TPSA) is 58.6 Å². The Kier molecular flexibility index (Phi) is 4.55. The Balaban J connectivity index is 2.07. The Morgan fingerprint density at radius 3 is 3.05 bits per heavy atom. The summed E-state index contributed by atoms with van der Waals surface area (Å²) in [5.41, 5.74) is 3.09. The van der Waals surface area contributed by atoms with Crippen LogP contribution < -0.4 is 10.4 Å². The van der Waals surface area contributed by atoms with Gasteiger partial charge in [-0.25, -0.2) is 5.48 Å². The second-order valence-electron chi connectivity index (χ2n) is 4.21. The molecule has 19 heavy (non-hydrogen) atoms. The predicted molar refractivity (Wildman–Crippen MR) is 74.4 cm³/mol. The van der Waals surface area contributed by atoms with Crippen molar-refractivity contribution in [2.45, 2.75) is 13.3 Å². The molecule has 1 fully saturated rings. The summed E-state index contributed by atoms with van der Waals surface area (Å²) in [6, 6.07) is 7.47. The highest BCUT2D eigenvalue weighted by Gasteiger charge is 2.37. The molecule has 0 radical (unpaired) electrons. The number of rotatable bonds is 4. The molecule has 0 saturated carbocycles. The van der Waals surface area contributed by atoms with Crippen molar-refractivity contribution in [1.29, 1.82) is 0 Å². The van der Waals surface area contributed by atoms with Gasteiger partial charge in [0.15, 0.2) is 0 Å². The van der Waals surface area contributed by atoms with Crippen molar-refractivity contribution in [2.24, 2.45) is 5.92 Å². The number of carbonyl (C=O) groups excluding carboxylic acids is 2. The number of hydrogen-bond acceptors (Lipinski definition) is 3. The first-order valence-corrected chi connectivity index (χ1v) is 6.91. The van der Waals surface area contributed by atoms with E-state index in [2.05, 4.69) is 21.4 Å². The maximum absolute atomic E-state index is 12.2. The van der Waals surface area contributed by atoms with E-state index < -0.39 is 5.92 Å². The zero-order valence-electron chi connectivity index (χ0n) is 10.6. The molecule has 1 N–H and O–H groups in total. The van der Waals surface area contributed by atoms with Gasteiger partial charge in [0, 0.05) is 16.7 Å². The molecule has 1 unspecified atom stereocenters. The van der Waals surface area contributed by atoms with Crippen molar-refractivity contribution in [1.82, 2.24) is 5.48 Å². The fourth-order valence-electron chi connectivity index (χ4n) is 2.04. The van der Waals surface area contributed by atoms with Crippen molar-refractivity contribution in [3.8, 4) is 0 Å². The molecule has 1 aromatic carbocycles. The van der Waals surface area contributed by atoms with Crippen LogP contribution in [0, 0.1) is 5.92 Å². The maximum Gasteiger partial charge on any atom is 0.256 e. The average Bonchev–Trinajstić information content (AvgIpc) is 2.78. The Morgan fingerprint density at radius 2 is 2.37 bits per heavy atom. The summed E-state index contributed by atoms with van der Waals surface area (Å²) in [6.07, 6.45) is 0.504. The largest absolute Gasteiger partial charge is 0.312 e. The molecule has 0 aromatic heterocycles. The van der Waals surface area contributed by atoms with Gasteiger partial charge in [-0.1, -0.05) is 22.0 Å². The molecule has 0 aliphatic carbocycles. The van der Waals surface area contributed by atoms with Gasteiger partial charge in [0.25, 0.3) is 5.91 Å². The third-order valence-electron chi connectivity index (χ3n) is 2.96. The monoisotopic (exact) mass is 326 g/mol. The second-order valence-corrected chi connectivity index (χ2v) is 5.13. The van der Waals surface area contributed by atoms with Crippen LogP contribution in [0.2, 0.25) is 0 Å². The molecule has 1 heterocycles. The molecule has 1 aromatic rings. The number of hydroxylamine groups is 1. The van der Waals surface area contributed by atoms with Crippen LogP contribution in [0.25, 0.3) is 0 Å². The van der Waals surface area contributed by atoms with Crippen LogP contribution in [0.5, 0.6) is 0 Å². The minimum atomic E-state index is -0.662. The standard InChI is InChI=1S/C13H15BrN2O3/c1-2-19-15-12(17)11-6-7-16(13(11)18)10-5-3-4-9(14)8-10/h3-5,8,11H,2,6-7H2,1H3,(H,15,17). The van der Waals surface area contributed by atoms with Crippen LogP contribution in [-0.2, 0) is 14.4 Å². The first kappa shape index (κ1) is 14.0. The number of amides is 2. The summed E-state index contributed by atoms with van der Waals surface area (Å²) < 4.78 is 0.903. The lowest BCUT2D eigenvalue weighted by Gasteiger charge is -2.16. The number of nitrogens with zero attached hydrogens (tertiary/aromatic N) is 1. The number of benzene rings is 1. The highest BCUT2D eigenvalue weighted by Crippen LogP contribution is 2.27. The SMILES string of the molecule is CCONC(=O)C1CCN(c2cccc(Br)c2)C1=O. The van der Waals surface area contributed by atoms with Crippen molar-refractivity contribution in [2.75, 3.05) is 18.1 Å². The van der Waals surface area contributed by atoms with Crippen LogP contribution in [0.15, 0.2) is 28.7 Å². The molecule has 1 saturated heterocycles. The molecule has 2 amide bonds. The molecule has 5 nitrogen and oxygen atoms in total. The Labute approximate surface area is 120 Å². The Morgan fingerprint density at radius 1 is 1.58 bits per heavy atom. The van der Waals surface area contributed by atoms with Gasteiger partial charge in [-0.15, -0.1) is 0 Å². The van der Waals surface area contributed by atoms with E-state index in [0.29, 0.717) is 19.6 Å². The fraction of sp³-hybridized carbons (Fsp3) is 0.385. The second kappa shape index (κ2) is 6.16. The van der Waals surface area contributed by atoms with E-state index in [4.69, 9.17) is 4.84 Å². The third-order valence-corrected chi connectivity index (χ3v) is 3.45. The molecular formula is C13H15BrN2O3. The van der Waals surface area contributed by atoms with E-state index in [1.165, 1.54) is 0 Å². The number of carbonyl (C=O) groups is 2. The molecule has 1 aliphatic rings. The van der Waals surface area contributed by atoms with Gasteiger partial charge in [-0.05, 0) is 31.5 Å². The number of nitrogens with one attached hydrogen (secondary N) is 1. The Hall–Kier alpha value is -1.40. The predicted octanol–water partition coefficient (Wildman–Crippen LogP) is 1.87. The molecule has 2 rings (SSSR count). The zero-order chi connectivity index (χ0) is 13.8. The summed E-state index contributed by atoms with van der Waals surface area (Å²) in [6.45, 7) is 2.69. The number of anilines is 1. The van der Waals surface area contributed by atoms with Gasteiger partial charge in [0.1, 0.15) is 5.92 Å². The van der Waals surface area contributed by atoms with Gasteiger partial charge in [-0.2, -0.15) is 0 Å². The summed E-state index contributed by atoms with van der Waals surface area (Å²) in [7, 11) is 0. The van der Waals surface area contributed by atoms with E-state index in [0.717, 1.165) is 10.2 Å². The van der Waals surface area contributed by atoms with E-state index >= 15 is 0 Å². The highest BCUT2D eigenvalue weighted by molar-refractivity contribution is 9.10. The summed E-state index contributed by atoms with van der Waals surface area (Å²) in [5, 5.41) is 0. The number of hydrogen-bond donors (Lipinski definition) is 1. The van der Waals surface area contributed by atoms with E-state index in [-0.39, 0.29) is 11.8 Å². The molecule has 1 aliphatic heterocycles. The minimum Gasteiger partial charge on any atom is -0.312 e. The molecule has 0 bridgehead atoms. The van der Waals surface area contributed by atoms with Gasteiger partial charge in [-0.3, -0.25) is 14.4 Å². The van der Waals surface area contributed by atoms with Crippen molar-refractivity contribution in [3.05, 3.63) is 28.7 Å². The molecular weight excluding hydrogens is 312 g/mol. The zero-order valence-corrected chi connectivity index (χ0v) is 12.1. The van der Waals surface area contributed by atoms with Crippen LogP contribution >= 0.6 is 15.9 Å². The average molecular weight is 327 g/mol. The van der Waals surface area contributed by atoms with Gasteiger partial charge < -0.3 is 4.90 Å². The van der Waals surface area contributed by atoms with E-state index in [1.54, 1.807) is 11.8 Å². The van der Waals surface area contributed by atoms with E-state index in [9.17, 15) is 9.59 Å². The summed E-state index contributed by atoms with van der Waals surface area (Å²) >= 11 is 3.37. The lowest BCUT2D eigenvalue weighted by Crippen LogP contribution is -2.36. The molecule has 102 valence electrons. The molecule has 6 heteroatoms. The van der Waals surface area contributed by atoms with Crippen LogP contribution in [0.3, 0.4) is 0 Å². The summed E-state index contributed by atoms with van der Waals surface area (Å²) in [4.78, 5) is 30.4.